The Kier molecular flexibility index (Phi) is 4.57. The Morgan fingerprint density at radius 1 is 1.38 bits per heavy atom. The predicted molar refractivity (Wildman–Crippen MR) is 84.9 cm³/mol. The largest absolute Gasteiger partial charge is 0.535 e. The molecule has 0 spiro atoms. The molecule has 1 saturated heterocycles. The van der Waals surface area contributed by atoms with Crippen molar-refractivity contribution in [1.29, 1.82) is 0 Å². The molecular weight excluding hydrogens is 313 g/mol. The molecule has 0 radical (unpaired) electrons. The first-order valence-electron chi connectivity index (χ1n) is 7.95. The Hall–Kier alpha value is -2.35. The highest BCUT2D eigenvalue weighted by molar-refractivity contribution is 6.47. The number of fused-ring (bicyclic) bond motifs is 1. The number of hydrogen-bond donors (Lipinski definition) is 2. The predicted octanol–water partition coefficient (Wildman–Crippen LogP) is 0.752. The zero-order valence-electron chi connectivity index (χ0n) is 13.1. The van der Waals surface area contributed by atoms with Gasteiger partial charge in [0.25, 0.3) is 0 Å². The highest BCUT2D eigenvalue weighted by Crippen LogP contribution is 2.36. The number of carboxylic acids is 1. The van der Waals surface area contributed by atoms with E-state index in [2.05, 4.69) is 0 Å². The summed E-state index contributed by atoms with van der Waals surface area (Å²) < 4.78 is 5.37. The van der Waals surface area contributed by atoms with Gasteiger partial charge in [-0.15, -0.1) is 0 Å². The first-order valence-corrected chi connectivity index (χ1v) is 7.95. The van der Waals surface area contributed by atoms with Crippen LogP contribution in [0.4, 0.5) is 0 Å². The van der Waals surface area contributed by atoms with Crippen LogP contribution in [0.1, 0.15) is 35.2 Å². The molecule has 0 bridgehead atoms. The molecule has 1 amide bonds. The molecule has 0 aliphatic carbocycles. The number of carbonyl (C=O) groups excluding carboxylic acids is 2. The molecule has 1 aromatic rings. The van der Waals surface area contributed by atoms with Crippen LogP contribution < -0.4 is 4.65 Å². The lowest BCUT2D eigenvalue weighted by molar-refractivity contribution is -0.132. The van der Waals surface area contributed by atoms with Gasteiger partial charge in [-0.05, 0) is 24.5 Å². The number of ketones is 1. The lowest BCUT2D eigenvalue weighted by Gasteiger charge is -2.28. The van der Waals surface area contributed by atoms with E-state index in [1.807, 2.05) is 0 Å². The van der Waals surface area contributed by atoms with E-state index in [-0.39, 0.29) is 36.0 Å². The third-order valence-electron chi connectivity index (χ3n) is 4.48. The van der Waals surface area contributed by atoms with Crippen molar-refractivity contribution >= 4 is 24.8 Å². The molecule has 1 atom stereocenters. The van der Waals surface area contributed by atoms with Gasteiger partial charge in [-0.2, -0.15) is 0 Å². The van der Waals surface area contributed by atoms with Crippen LogP contribution in [0, 0.1) is 0 Å². The van der Waals surface area contributed by atoms with E-state index in [9.17, 15) is 19.4 Å². The maximum Gasteiger partial charge on any atom is 0.526 e. The molecule has 2 aliphatic heterocycles. The smallest absolute Gasteiger partial charge is 0.526 e. The van der Waals surface area contributed by atoms with Crippen LogP contribution in [0.25, 0.3) is 0 Å². The Morgan fingerprint density at radius 3 is 2.83 bits per heavy atom. The van der Waals surface area contributed by atoms with Crippen LogP contribution in [0.3, 0.4) is 0 Å². The van der Waals surface area contributed by atoms with E-state index < -0.39 is 18.9 Å². The van der Waals surface area contributed by atoms with Gasteiger partial charge in [-0.1, -0.05) is 12.1 Å². The summed E-state index contributed by atoms with van der Waals surface area (Å²) in [6, 6.07) is 4.76. The third kappa shape index (κ3) is 3.28. The fourth-order valence-corrected chi connectivity index (χ4v) is 3.27. The fraction of sp³-hybridized carbons (Fsp3) is 0.438. The highest BCUT2D eigenvalue weighted by atomic mass is 16.5. The molecule has 3 rings (SSSR count). The Bertz CT molecular complexity index is 691. The second-order valence-corrected chi connectivity index (χ2v) is 6.23. The Labute approximate surface area is 139 Å². The van der Waals surface area contributed by atoms with E-state index in [0.717, 1.165) is 6.42 Å². The van der Waals surface area contributed by atoms with E-state index in [4.69, 9.17) is 9.76 Å². The number of rotatable bonds is 5. The number of para-hydroxylation sites is 1. The van der Waals surface area contributed by atoms with Gasteiger partial charge in [0.1, 0.15) is 5.75 Å². The van der Waals surface area contributed by atoms with Crippen molar-refractivity contribution in [1.82, 2.24) is 4.90 Å². The van der Waals surface area contributed by atoms with Gasteiger partial charge in [0, 0.05) is 25.2 Å². The van der Waals surface area contributed by atoms with Crippen LogP contribution in [0.5, 0.6) is 5.75 Å². The summed E-state index contributed by atoms with van der Waals surface area (Å²) in [4.78, 5) is 36.5. The molecule has 126 valence electrons. The molecule has 7 nitrogen and oxygen atoms in total. The normalized spacial score (nSPS) is 19.9. The Morgan fingerprint density at radius 2 is 2.17 bits per heavy atom. The molecule has 8 heteroatoms. The van der Waals surface area contributed by atoms with Gasteiger partial charge in [-0.3, -0.25) is 9.59 Å². The summed E-state index contributed by atoms with van der Waals surface area (Å²) in [6.07, 6.45) is 1.69. The van der Waals surface area contributed by atoms with Crippen molar-refractivity contribution in [2.45, 2.75) is 31.5 Å². The van der Waals surface area contributed by atoms with Gasteiger partial charge in [0.05, 0.1) is 12.1 Å². The zero-order chi connectivity index (χ0) is 17.3. The topological polar surface area (TPSA) is 104 Å². The van der Waals surface area contributed by atoms with Crippen molar-refractivity contribution in [2.24, 2.45) is 0 Å². The molecule has 2 N–H and O–H groups in total. The number of aromatic carboxylic acids is 1. The molecule has 2 aliphatic rings. The van der Waals surface area contributed by atoms with Gasteiger partial charge in [0.2, 0.25) is 5.91 Å². The molecular formula is C16H18BNO6. The minimum absolute atomic E-state index is 0.000935. The lowest BCUT2D eigenvalue weighted by Crippen LogP contribution is -2.38. The summed E-state index contributed by atoms with van der Waals surface area (Å²) in [7, 11) is -1.24. The lowest BCUT2D eigenvalue weighted by atomic mass is 9.64. The van der Waals surface area contributed by atoms with Crippen molar-refractivity contribution in [3.05, 3.63) is 29.3 Å². The number of amides is 1. The molecule has 1 aromatic carbocycles. The van der Waals surface area contributed by atoms with Crippen LogP contribution in [-0.2, 0) is 16.0 Å². The number of likely N-dealkylation sites (tertiary alicyclic amines) is 1. The molecule has 1 fully saturated rings. The number of hydrogen-bond acceptors (Lipinski definition) is 5. The molecule has 0 unspecified atom stereocenters. The standard InChI is InChI=1S/C16H18BNO6/c19-12(9-18-6-2-5-14(18)20)8-11-7-10-3-1-4-13(16(21)22)15(10)24-17(11)23/h1,3-4,11,23H,2,5-9H2,(H,21,22)/t11-/m1/s1. The van der Waals surface area contributed by atoms with Crippen molar-refractivity contribution < 1.29 is 29.2 Å². The van der Waals surface area contributed by atoms with Crippen LogP contribution in [-0.4, -0.2) is 52.9 Å². The summed E-state index contributed by atoms with van der Waals surface area (Å²) in [5.74, 6) is -1.56. The zero-order valence-corrected chi connectivity index (χ0v) is 13.1. The fourth-order valence-electron chi connectivity index (χ4n) is 3.27. The number of nitrogens with zero attached hydrogens (tertiary/aromatic N) is 1. The number of carboxylic acid groups (broad SMARTS) is 1. The minimum atomic E-state index is -1.24. The summed E-state index contributed by atoms with van der Waals surface area (Å²) >= 11 is 0. The Balaban J connectivity index is 1.68. The van der Waals surface area contributed by atoms with Gasteiger partial charge in [-0.25, -0.2) is 4.79 Å². The monoisotopic (exact) mass is 331 g/mol. The number of benzene rings is 1. The van der Waals surface area contributed by atoms with Crippen LogP contribution in [0.15, 0.2) is 18.2 Å². The van der Waals surface area contributed by atoms with Crippen molar-refractivity contribution in [3.8, 4) is 5.75 Å². The average Bonchev–Trinajstić information content (AvgIpc) is 2.92. The number of carbonyl (C=O) groups is 3. The van der Waals surface area contributed by atoms with Crippen molar-refractivity contribution in [2.75, 3.05) is 13.1 Å². The minimum Gasteiger partial charge on any atom is -0.535 e. The highest BCUT2D eigenvalue weighted by Gasteiger charge is 2.38. The van der Waals surface area contributed by atoms with Crippen molar-refractivity contribution in [3.63, 3.8) is 0 Å². The summed E-state index contributed by atoms with van der Waals surface area (Å²) in [5.41, 5.74) is 0.661. The first-order chi connectivity index (χ1) is 11.5. The SMILES string of the molecule is O=C(C[C@H]1Cc2cccc(C(=O)O)c2OB1O)CN1CCCC1=O. The van der Waals surface area contributed by atoms with Gasteiger partial charge < -0.3 is 19.7 Å². The first kappa shape index (κ1) is 16.5. The molecule has 2 heterocycles. The maximum absolute atomic E-state index is 12.2. The van der Waals surface area contributed by atoms with Crippen LogP contribution >= 0.6 is 0 Å². The third-order valence-corrected chi connectivity index (χ3v) is 4.48. The van der Waals surface area contributed by atoms with E-state index in [1.54, 1.807) is 12.1 Å². The summed E-state index contributed by atoms with van der Waals surface area (Å²) in [5, 5.41) is 19.3. The second-order valence-electron chi connectivity index (χ2n) is 6.23. The average molecular weight is 331 g/mol. The quantitative estimate of drug-likeness (QED) is 0.772. The molecule has 24 heavy (non-hydrogen) atoms. The number of Topliss-reactive ketones (excluding diaryl/α,β-unsaturated/α-hetero) is 1. The summed E-state index contributed by atoms with van der Waals surface area (Å²) in [6.45, 7) is 0.656. The van der Waals surface area contributed by atoms with E-state index in [0.29, 0.717) is 24.9 Å². The molecule has 0 aromatic heterocycles. The van der Waals surface area contributed by atoms with Gasteiger partial charge >= 0.3 is 13.1 Å². The second kappa shape index (κ2) is 6.64. The molecule has 0 saturated carbocycles. The van der Waals surface area contributed by atoms with Gasteiger partial charge in [0.15, 0.2) is 5.78 Å². The van der Waals surface area contributed by atoms with E-state index >= 15 is 0 Å². The van der Waals surface area contributed by atoms with E-state index in [1.165, 1.54) is 11.0 Å². The maximum atomic E-state index is 12.2. The van der Waals surface area contributed by atoms with Crippen LogP contribution in [0.2, 0.25) is 5.82 Å².